The van der Waals surface area contributed by atoms with E-state index in [1.807, 2.05) is 6.07 Å². The molecule has 0 bridgehead atoms. The molecule has 1 atom stereocenters. The molecule has 1 N–H and O–H groups in total. The fourth-order valence-electron chi connectivity index (χ4n) is 2.71. The summed E-state index contributed by atoms with van der Waals surface area (Å²) in [5, 5.41) is 9.81. The highest BCUT2D eigenvalue weighted by atomic mass is 19.4. The molecule has 0 saturated heterocycles. The van der Waals surface area contributed by atoms with E-state index in [0.717, 1.165) is 39.0 Å². The van der Waals surface area contributed by atoms with Crippen molar-refractivity contribution in [1.82, 2.24) is 0 Å². The van der Waals surface area contributed by atoms with Gasteiger partial charge in [-0.1, -0.05) is 49.6 Å². The molecule has 0 spiro atoms. The van der Waals surface area contributed by atoms with Crippen LogP contribution < -0.4 is 0 Å². The van der Waals surface area contributed by atoms with E-state index in [0.29, 0.717) is 11.3 Å². The van der Waals surface area contributed by atoms with E-state index in [1.54, 1.807) is 24.3 Å². The van der Waals surface area contributed by atoms with Crippen LogP contribution in [0, 0.1) is 0 Å². The maximum absolute atomic E-state index is 13.0. The first-order chi connectivity index (χ1) is 10.3. The molecule has 1 unspecified atom stereocenters. The molecule has 0 radical (unpaired) electrons. The molecule has 1 aliphatic rings. The number of alkyl halides is 3. The summed E-state index contributed by atoms with van der Waals surface area (Å²) in [4.78, 5) is 4.56. The topological polar surface area (TPSA) is 32.6 Å². The lowest BCUT2D eigenvalue weighted by molar-refractivity contribution is -0.249. The van der Waals surface area contributed by atoms with Crippen LogP contribution in [0.5, 0.6) is 0 Å². The third kappa shape index (κ3) is 4.32. The van der Waals surface area contributed by atoms with Crippen LogP contribution in [0.1, 0.15) is 51.0 Å². The van der Waals surface area contributed by atoms with Gasteiger partial charge < -0.3 is 5.11 Å². The van der Waals surface area contributed by atoms with E-state index in [9.17, 15) is 18.3 Å². The van der Waals surface area contributed by atoms with Gasteiger partial charge in [0.1, 0.15) is 0 Å². The van der Waals surface area contributed by atoms with Gasteiger partial charge in [0, 0.05) is 12.1 Å². The van der Waals surface area contributed by atoms with Crippen LogP contribution in [-0.4, -0.2) is 28.6 Å². The molecule has 22 heavy (non-hydrogen) atoms. The monoisotopic (exact) mass is 313 g/mol. The standard InChI is InChI=1S/C17H22F3NO/c1-16(22,17(18,19)20)12-15(13-8-4-2-5-9-13)21-14-10-6-3-7-11-14/h2,4-5,8-9,14,22H,3,6-7,10-12H2,1H3. The zero-order valence-corrected chi connectivity index (χ0v) is 12.7. The second kappa shape index (κ2) is 6.82. The number of halogens is 3. The van der Waals surface area contributed by atoms with Crippen LogP contribution >= 0.6 is 0 Å². The molecular formula is C17H22F3NO. The van der Waals surface area contributed by atoms with Crippen LogP contribution in [0.3, 0.4) is 0 Å². The SMILES string of the molecule is CC(O)(CC(=NC1CCCCC1)c1ccccc1)C(F)(F)F. The van der Waals surface area contributed by atoms with Crippen LogP contribution in [0.15, 0.2) is 35.3 Å². The zero-order valence-electron chi connectivity index (χ0n) is 12.7. The van der Waals surface area contributed by atoms with Crippen molar-refractivity contribution in [3.05, 3.63) is 35.9 Å². The van der Waals surface area contributed by atoms with Gasteiger partial charge in [-0.2, -0.15) is 13.2 Å². The highest BCUT2D eigenvalue weighted by molar-refractivity contribution is 6.01. The second-order valence-electron chi connectivity index (χ2n) is 6.18. The molecule has 122 valence electrons. The van der Waals surface area contributed by atoms with Crippen molar-refractivity contribution < 1.29 is 18.3 Å². The summed E-state index contributed by atoms with van der Waals surface area (Å²) in [6, 6.07) is 8.90. The van der Waals surface area contributed by atoms with Crippen molar-refractivity contribution in [3.8, 4) is 0 Å². The van der Waals surface area contributed by atoms with Crippen LogP contribution in [0.2, 0.25) is 0 Å². The van der Waals surface area contributed by atoms with Gasteiger partial charge in [-0.3, -0.25) is 4.99 Å². The Hall–Kier alpha value is -1.36. The number of nitrogens with zero attached hydrogens (tertiary/aromatic N) is 1. The van der Waals surface area contributed by atoms with Crippen molar-refractivity contribution in [2.75, 3.05) is 0 Å². The number of aliphatic hydroxyl groups is 1. The molecular weight excluding hydrogens is 291 g/mol. The summed E-state index contributed by atoms with van der Waals surface area (Å²) >= 11 is 0. The number of aliphatic imine (C=N–C) groups is 1. The molecule has 0 aromatic heterocycles. The maximum Gasteiger partial charge on any atom is 0.417 e. The van der Waals surface area contributed by atoms with Crippen molar-refractivity contribution in [2.45, 2.75) is 63.3 Å². The summed E-state index contributed by atoms with van der Waals surface area (Å²) in [6.45, 7) is 0.812. The highest BCUT2D eigenvalue weighted by Crippen LogP contribution is 2.34. The summed E-state index contributed by atoms with van der Waals surface area (Å²) in [5.74, 6) is 0. The molecule has 2 rings (SSSR count). The Morgan fingerprint density at radius 3 is 2.27 bits per heavy atom. The number of hydrogen-bond acceptors (Lipinski definition) is 2. The minimum Gasteiger partial charge on any atom is -0.380 e. The van der Waals surface area contributed by atoms with E-state index in [1.165, 1.54) is 0 Å². The van der Waals surface area contributed by atoms with E-state index < -0.39 is 18.2 Å². The average Bonchev–Trinajstić information content (AvgIpc) is 2.47. The predicted octanol–water partition coefficient (Wildman–Crippen LogP) is 4.51. The molecule has 1 saturated carbocycles. The molecule has 0 aliphatic heterocycles. The molecule has 2 nitrogen and oxygen atoms in total. The molecule has 0 amide bonds. The van der Waals surface area contributed by atoms with Crippen LogP contribution in [0.4, 0.5) is 13.2 Å². The molecule has 1 fully saturated rings. The fraction of sp³-hybridized carbons (Fsp3) is 0.588. The van der Waals surface area contributed by atoms with E-state index in [2.05, 4.69) is 4.99 Å². The van der Waals surface area contributed by atoms with E-state index >= 15 is 0 Å². The van der Waals surface area contributed by atoms with Gasteiger partial charge >= 0.3 is 6.18 Å². The first-order valence-corrected chi connectivity index (χ1v) is 7.71. The van der Waals surface area contributed by atoms with Crippen LogP contribution in [-0.2, 0) is 0 Å². The first kappa shape index (κ1) is 17.0. The van der Waals surface area contributed by atoms with Crippen molar-refractivity contribution in [2.24, 2.45) is 4.99 Å². The van der Waals surface area contributed by atoms with Gasteiger partial charge in [-0.05, 0) is 25.3 Å². The third-order valence-corrected chi connectivity index (χ3v) is 4.14. The summed E-state index contributed by atoms with van der Waals surface area (Å²) < 4.78 is 38.9. The summed E-state index contributed by atoms with van der Waals surface area (Å²) in [7, 11) is 0. The quantitative estimate of drug-likeness (QED) is 0.815. The van der Waals surface area contributed by atoms with E-state index in [-0.39, 0.29) is 6.04 Å². The summed E-state index contributed by atoms with van der Waals surface area (Å²) in [5.41, 5.74) is -1.77. The predicted molar refractivity (Wildman–Crippen MR) is 81.1 cm³/mol. The van der Waals surface area contributed by atoms with Crippen molar-refractivity contribution in [1.29, 1.82) is 0 Å². The normalized spacial score (nSPS) is 20.7. The summed E-state index contributed by atoms with van der Waals surface area (Å²) in [6.07, 6.45) is -0.0914. The Labute approximate surface area is 129 Å². The average molecular weight is 313 g/mol. The Morgan fingerprint density at radius 2 is 1.73 bits per heavy atom. The van der Waals surface area contributed by atoms with Crippen molar-refractivity contribution >= 4 is 5.71 Å². The van der Waals surface area contributed by atoms with Gasteiger partial charge in [0.2, 0.25) is 0 Å². The number of hydrogen-bond donors (Lipinski definition) is 1. The largest absolute Gasteiger partial charge is 0.417 e. The van der Waals surface area contributed by atoms with Gasteiger partial charge in [0.25, 0.3) is 0 Å². The first-order valence-electron chi connectivity index (χ1n) is 7.71. The van der Waals surface area contributed by atoms with Gasteiger partial charge in [-0.25, -0.2) is 0 Å². The third-order valence-electron chi connectivity index (χ3n) is 4.14. The van der Waals surface area contributed by atoms with Gasteiger partial charge in [-0.15, -0.1) is 0 Å². The minimum atomic E-state index is -4.67. The maximum atomic E-state index is 13.0. The van der Waals surface area contributed by atoms with Crippen molar-refractivity contribution in [3.63, 3.8) is 0 Å². The fourth-order valence-corrected chi connectivity index (χ4v) is 2.71. The molecule has 1 aromatic rings. The lowest BCUT2D eigenvalue weighted by Gasteiger charge is -2.28. The smallest absolute Gasteiger partial charge is 0.380 e. The second-order valence-corrected chi connectivity index (χ2v) is 6.18. The highest BCUT2D eigenvalue weighted by Gasteiger charge is 2.50. The molecule has 0 heterocycles. The lowest BCUT2D eigenvalue weighted by atomic mass is 9.92. The Balaban J connectivity index is 2.28. The van der Waals surface area contributed by atoms with Gasteiger partial charge in [0.15, 0.2) is 5.60 Å². The Bertz CT molecular complexity index is 502. The minimum absolute atomic E-state index is 0.0630. The Morgan fingerprint density at radius 1 is 1.14 bits per heavy atom. The zero-order chi connectivity index (χ0) is 16.2. The molecule has 5 heteroatoms. The van der Waals surface area contributed by atoms with E-state index in [4.69, 9.17) is 0 Å². The Kier molecular flexibility index (Phi) is 5.27. The lowest BCUT2D eigenvalue weighted by Crippen LogP contribution is -2.44. The van der Waals surface area contributed by atoms with Crippen LogP contribution in [0.25, 0.3) is 0 Å². The number of rotatable bonds is 4. The molecule has 1 aromatic carbocycles. The molecule has 1 aliphatic carbocycles. The van der Waals surface area contributed by atoms with Gasteiger partial charge in [0.05, 0.1) is 6.04 Å². The number of benzene rings is 1.